The van der Waals surface area contributed by atoms with Gasteiger partial charge in [0.2, 0.25) is 0 Å². The van der Waals surface area contributed by atoms with Gasteiger partial charge in [0, 0.05) is 17.8 Å². The van der Waals surface area contributed by atoms with E-state index in [4.69, 9.17) is 18.9 Å². The Balaban J connectivity index is 2.12. The van der Waals surface area contributed by atoms with Crippen molar-refractivity contribution in [1.29, 1.82) is 0 Å². The summed E-state index contributed by atoms with van der Waals surface area (Å²) in [5, 5.41) is 3.07. The predicted octanol–water partition coefficient (Wildman–Crippen LogP) is 3.43. The summed E-state index contributed by atoms with van der Waals surface area (Å²) >= 11 is 0. The van der Waals surface area contributed by atoms with Crippen molar-refractivity contribution in [3.8, 4) is 22.9 Å². The molecule has 1 aromatic heterocycles. The number of H-pyrrole nitrogens is 1. The molecule has 2 aromatic carbocycles. The second-order valence-corrected chi connectivity index (χ2v) is 6.86. The zero-order valence-electron chi connectivity index (χ0n) is 18.8. The minimum Gasteiger partial charge on any atom is -0.497 e. The average molecular weight is 439 g/mol. The van der Waals surface area contributed by atoms with E-state index in [1.165, 1.54) is 32.1 Å². The first kappa shape index (κ1) is 22.7. The maximum atomic E-state index is 13.2. The van der Waals surface area contributed by atoms with Crippen LogP contribution < -0.4 is 19.8 Å². The van der Waals surface area contributed by atoms with E-state index in [9.17, 15) is 9.59 Å². The van der Waals surface area contributed by atoms with Crippen LogP contribution in [0.1, 0.15) is 28.5 Å². The highest BCUT2D eigenvalue weighted by atomic mass is 16.5. The van der Waals surface area contributed by atoms with Crippen LogP contribution in [-0.4, -0.2) is 49.9 Å². The van der Waals surface area contributed by atoms with E-state index in [0.717, 1.165) is 0 Å². The van der Waals surface area contributed by atoms with Gasteiger partial charge in [-0.1, -0.05) is 0 Å². The van der Waals surface area contributed by atoms with Crippen LogP contribution in [0.15, 0.2) is 46.2 Å². The Bertz CT molecular complexity index is 1220. The van der Waals surface area contributed by atoms with Crippen molar-refractivity contribution in [3.05, 3.63) is 63.6 Å². The second-order valence-electron chi connectivity index (χ2n) is 6.86. The summed E-state index contributed by atoms with van der Waals surface area (Å²) < 4.78 is 22.1. The first-order chi connectivity index (χ1) is 15.3. The highest BCUT2D eigenvalue weighted by Crippen LogP contribution is 2.35. The highest BCUT2D eigenvalue weighted by molar-refractivity contribution is 6.03. The van der Waals surface area contributed by atoms with Crippen LogP contribution in [0.25, 0.3) is 5.69 Å². The lowest BCUT2D eigenvalue weighted by Crippen LogP contribution is -2.19. The standard InChI is InChI=1S/C23H25N3O6/c1-13(24-18-12-20(31-5)19(30-4)11-17(18)23(28)32-6)21-14(2)25-26(22(21)27)15-7-9-16(29-3)10-8-15/h7-12,25H,1-6H3. The van der Waals surface area contributed by atoms with Gasteiger partial charge in [0.15, 0.2) is 11.5 Å². The lowest BCUT2D eigenvalue weighted by molar-refractivity contribution is 0.0601. The van der Waals surface area contributed by atoms with Crippen LogP contribution in [0.4, 0.5) is 5.69 Å². The van der Waals surface area contributed by atoms with Crippen molar-refractivity contribution < 1.29 is 23.7 Å². The third kappa shape index (κ3) is 4.22. The normalized spacial score (nSPS) is 11.2. The fourth-order valence-corrected chi connectivity index (χ4v) is 3.36. The molecule has 9 nitrogen and oxygen atoms in total. The van der Waals surface area contributed by atoms with Crippen LogP contribution in [0.5, 0.6) is 17.2 Å². The third-order valence-electron chi connectivity index (χ3n) is 4.96. The van der Waals surface area contributed by atoms with E-state index >= 15 is 0 Å². The number of nitrogens with one attached hydrogen (secondary N) is 1. The quantitative estimate of drug-likeness (QED) is 0.447. The molecule has 9 heteroatoms. The van der Waals surface area contributed by atoms with Gasteiger partial charge in [-0.2, -0.15) is 0 Å². The maximum Gasteiger partial charge on any atom is 0.340 e. The Labute approximate surface area is 185 Å². The molecule has 0 aliphatic carbocycles. The SMILES string of the molecule is COC(=O)c1cc(OC)c(OC)cc1N=C(C)c1c(C)[nH]n(-c2ccc(OC)cc2)c1=O. The number of ether oxygens (including phenoxy) is 4. The molecule has 0 aliphatic rings. The number of methoxy groups -OCH3 is 4. The highest BCUT2D eigenvalue weighted by Gasteiger charge is 2.20. The third-order valence-corrected chi connectivity index (χ3v) is 4.96. The molecule has 0 amide bonds. The molecular formula is C23H25N3O6. The van der Waals surface area contributed by atoms with Gasteiger partial charge in [-0.25, -0.2) is 9.48 Å². The zero-order chi connectivity index (χ0) is 23.4. The van der Waals surface area contributed by atoms with Crippen LogP contribution in [0.2, 0.25) is 0 Å². The van der Waals surface area contributed by atoms with E-state index in [1.807, 2.05) is 0 Å². The number of aryl methyl sites for hydroxylation is 1. The van der Waals surface area contributed by atoms with Crippen LogP contribution in [0, 0.1) is 6.92 Å². The lowest BCUT2D eigenvalue weighted by atomic mass is 10.1. The van der Waals surface area contributed by atoms with Crippen LogP contribution >= 0.6 is 0 Å². The fraction of sp³-hybridized carbons (Fsp3) is 0.261. The molecule has 1 heterocycles. The lowest BCUT2D eigenvalue weighted by Gasteiger charge is -2.12. The molecule has 0 saturated carbocycles. The molecule has 1 N–H and O–H groups in total. The molecule has 3 rings (SSSR count). The van der Waals surface area contributed by atoms with E-state index in [1.54, 1.807) is 51.3 Å². The van der Waals surface area contributed by atoms with E-state index in [-0.39, 0.29) is 11.1 Å². The van der Waals surface area contributed by atoms with Crippen molar-refractivity contribution in [2.45, 2.75) is 13.8 Å². The average Bonchev–Trinajstić information content (AvgIpc) is 3.11. The number of hydrogen-bond donors (Lipinski definition) is 1. The number of carbonyl (C=O) groups is 1. The minimum absolute atomic E-state index is 0.188. The monoisotopic (exact) mass is 439 g/mol. The Morgan fingerprint density at radius 2 is 1.59 bits per heavy atom. The summed E-state index contributed by atoms with van der Waals surface area (Å²) in [5.74, 6) is 0.864. The molecule has 0 atom stereocenters. The van der Waals surface area contributed by atoms with Crippen LogP contribution in [0.3, 0.4) is 0 Å². The Kier molecular flexibility index (Phi) is 6.67. The number of esters is 1. The number of nitrogens with zero attached hydrogens (tertiary/aromatic N) is 2. The second kappa shape index (κ2) is 9.42. The summed E-state index contributed by atoms with van der Waals surface area (Å²) in [7, 11) is 5.82. The van der Waals surface area contributed by atoms with Gasteiger partial charge in [-0.05, 0) is 38.1 Å². The van der Waals surface area contributed by atoms with Crippen LogP contribution in [-0.2, 0) is 4.74 Å². The summed E-state index contributed by atoms with van der Waals surface area (Å²) in [6.07, 6.45) is 0. The predicted molar refractivity (Wildman–Crippen MR) is 120 cm³/mol. The van der Waals surface area contributed by atoms with Crippen molar-refractivity contribution in [1.82, 2.24) is 9.78 Å². The molecule has 0 spiro atoms. The van der Waals surface area contributed by atoms with Crippen molar-refractivity contribution in [2.24, 2.45) is 4.99 Å². The first-order valence-electron chi connectivity index (χ1n) is 9.70. The Morgan fingerprint density at radius 3 is 2.16 bits per heavy atom. The summed E-state index contributed by atoms with van der Waals surface area (Å²) in [6.45, 7) is 3.49. The molecule has 0 unspecified atom stereocenters. The van der Waals surface area contributed by atoms with E-state index in [2.05, 4.69) is 10.1 Å². The summed E-state index contributed by atoms with van der Waals surface area (Å²) in [4.78, 5) is 30.0. The van der Waals surface area contributed by atoms with Gasteiger partial charge < -0.3 is 18.9 Å². The Morgan fingerprint density at radius 1 is 0.969 bits per heavy atom. The molecule has 0 radical (unpaired) electrons. The van der Waals surface area contributed by atoms with Gasteiger partial charge in [-0.3, -0.25) is 14.9 Å². The number of rotatable bonds is 7. The first-order valence-corrected chi connectivity index (χ1v) is 9.70. The maximum absolute atomic E-state index is 13.2. The number of aromatic amines is 1. The fourth-order valence-electron chi connectivity index (χ4n) is 3.36. The molecule has 168 valence electrons. The van der Waals surface area contributed by atoms with Gasteiger partial charge in [0.25, 0.3) is 5.56 Å². The number of hydrogen-bond acceptors (Lipinski definition) is 7. The van der Waals surface area contributed by atoms with Crippen molar-refractivity contribution in [2.75, 3.05) is 28.4 Å². The zero-order valence-corrected chi connectivity index (χ0v) is 18.8. The molecule has 0 bridgehead atoms. The van der Waals surface area contributed by atoms with Gasteiger partial charge in [-0.15, -0.1) is 0 Å². The molecule has 0 aliphatic heterocycles. The smallest absolute Gasteiger partial charge is 0.340 e. The largest absolute Gasteiger partial charge is 0.497 e. The van der Waals surface area contributed by atoms with E-state index < -0.39 is 5.97 Å². The minimum atomic E-state index is -0.584. The molecule has 3 aromatic rings. The van der Waals surface area contributed by atoms with Gasteiger partial charge in [0.1, 0.15) is 5.75 Å². The van der Waals surface area contributed by atoms with Crippen molar-refractivity contribution >= 4 is 17.4 Å². The summed E-state index contributed by atoms with van der Waals surface area (Å²) in [5.41, 5.74) is 2.32. The number of carbonyl (C=O) groups excluding carboxylic acids is 1. The number of aromatic nitrogens is 2. The Hall–Kier alpha value is -4.01. The topological polar surface area (TPSA) is 104 Å². The van der Waals surface area contributed by atoms with Gasteiger partial charge >= 0.3 is 5.97 Å². The number of aliphatic imine (C=N–C) groups is 1. The number of benzene rings is 2. The van der Waals surface area contributed by atoms with E-state index in [0.29, 0.717) is 45.6 Å². The molecule has 32 heavy (non-hydrogen) atoms. The molecular weight excluding hydrogens is 414 g/mol. The summed E-state index contributed by atoms with van der Waals surface area (Å²) in [6, 6.07) is 10.1. The van der Waals surface area contributed by atoms with Gasteiger partial charge in [0.05, 0.1) is 56.7 Å². The van der Waals surface area contributed by atoms with Crippen molar-refractivity contribution in [3.63, 3.8) is 0 Å². The molecule has 0 fully saturated rings. The molecule has 0 saturated heterocycles.